The van der Waals surface area contributed by atoms with Crippen LogP contribution < -0.4 is 10.2 Å². The van der Waals surface area contributed by atoms with E-state index in [0.717, 1.165) is 0 Å². The first-order valence-electron chi connectivity index (χ1n) is 6.49. The molecule has 1 rings (SSSR count). The van der Waals surface area contributed by atoms with Gasteiger partial charge in [0.1, 0.15) is 5.82 Å². The fraction of sp³-hybridized carbons (Fsp3) is 0.500. The molecular formula is C14H21FN2O2. The molecule has 0 aliphatic carbocycles. The minimum Gasteiger partial charge on any atom is -0.389 e. The number of aliphatic hydroxyl groups is 1. The molecule has 0 heterocycles. The smallest absolute Gasteiger partial charge is 0.239 e. The Morgan fingerprint density at radius 3 is 2.68 bits per heavy atom. The van der Waals surface area contributed by atoms with Crippen molar-refractivity contribution in [3.8, 4) is 0 Å². The van der Waals surface area contributed by atoms with Gasteiger partial charge < -0.3 is 15.3 Å². The lowest BCUT2D eigenvalue weighted by molar-refractivity contribution is -0.119. The molecule has 106 valence electrons. The van der Waals surface area contributed by atoms with Crippen LogP contribution >= 0.6 is 0 Å². The van der Waals surface area contributed by atoms with E-state index in [4.69, 9.17) is 0 Å². The van der Waals surface area contributed by atoms with Crippen LogP contribution in [0.1, 0.15) is 32.4 Å². The Kier molecular flexibility index (Phi) is 5.76. The fourth-order valence-corrected chi connectivity index (χ4v) is 2.01. The van der Waals surface area contributed by atoms with Gasteiger partial charge in [0.25, 0.3) is 0 Å². The third-order valence-electron chi connectivity index (χ3n) is 2.88. The molecule has 1 aromatic rings. The summed E-state index contributed by atoms with van der Waals surface area (Å²) in [6.07, 6.45) is -0.917. The zero-order valence-corrected chi connectivity index (χ0v) is 11.6. The SMILES string of the molecule is CCNC(=O)CN(CC)c1cccc(F)c1[C@H](C)O. The van der Waals surface area contributed by atoms with E-state index in [1.165, 1.54) is 13.0 Å². The van der Waals surface area contributed by atoms with Gasteiger partial charge in [0, 0.05) is 24.3 Å². The highest BCUT2D eigenvalue weighted by molar-refractivity contribution is 5.81. The maximum atomic E-state index is 13.8. The molecule has 0 unspecified atom stereocenters. The number of carbonyl (C=O) groups is 1. The molecule has 0 aliphatic rings. The van der Waals surface area contributed by atoms with E-state index in [1.54, 1.807) is 17.0 Å². The summed E-state index contributed by atoms with van der Waals surface area (Å²) in [5.74, 6) is -0.577. The second-order valence-corrected chi connectivity index (χ2v) is 4.32. The summed E-state index contributed by atoms with van der Waals surface area (Å²) < 4.78 is 13.8. The number of rotatable bonds is 6. The normalized spacial score (nSPS) is 12.1. The number of nitrogens with one attached hydrogen (secondary N) is 1. The maximum absolute atomic E-state index is 13.8. The topological polar surface area (TPSA) is 52.6 Å². The van der Waals surface area contributed by atoms with Gasteiger partial charge in [-0.2, -0.15) is 0 Å². The first-order valence-corrected chi connectivity index (χ1v) is 6.49. The van der Waals surface area contributed by atoms with E-state index in [-0.39, 0.29) is 18.0 Å². The van der Waals surface area contributed by atoms with E-state index in [1.807, 2.05) is 13.8 Å². The van der Waals surface area contributed by atoms with Crippen molar-refractivity contribution in [3.63, 3.8) is 0 Å². The van der Waals surface area contributed by atoms with Crippen molar-refractivity contribution in [2.24, 2.45) is 0 Å². The third-order valence-corrected chi connectivity index (χ3v) is 2.88. The van der Waals surface area contributed by atoms with Crippen molar-refractivity contribution in [3.05, 3.63) is 29.6 Å². The Bertz CT molecular complexity index is 435. The van der Waals surface area contributed by atoms with Gasteiger partial charge in [0.15, 0.2) is 0 Å². The summed E-state index contributed by atoms with van der Waals surface area (Å²) in [7, 11) is 0. The van der Waals surface area contributed by atoms with Crippen molar-refractivity contribution in [2.75, 3.05) is 24.5 Å². The number of anilines is 1. The van der Waals surface area contributed by atoms with Crippen LogP contribution in [0.2, 0.25) is 0 Å². The Labute approximate surface area is 113 Å². The average Bonchev–Trinajstić information content (AvgIpc) is 2.35. The maximum Gasteiger partial charge on any atom is 0.239 e. The molecule has 1 aromatic carbocycles. The summed E-state index contributed by atoms with van der Waals surface area (Å²) in [5.41, 5.74) is 0.789. The summed E-state index contributed by atoms with van der Waals surface area (Å²) in [6, 6.07) is 4.61. The zero-order chi connectivity index (χ0) is 14.4. The van der Waals surface area contributed by atoms with Crippen molar-refractivity contribution < 1.29 is 14.3 Å². The fourth-order valence-electron chi connectivity index (χ4n) is 2.01. The number of nitrogens with zero attached hydrogens (tertiary/aromatic N) is 1. The molecule has 0 saturated heterocycles. The summed E-state index contributed by atoms with van der Waals surface area (Å²) in [4.78, 5) is 13.4. The van der Waals surface area contributed by atoms with Gasteiger partial charge in [-0.15, -0.1) is 0 Å². The molecule has 19 heavy (non-hydrogen) atoms. The lowest BCUT2D eigenvalue weighted by atomic mass is 10.1. The quantitative estimate of drug-likeness (QED) is 0.827. The number of carbonyl (C=O) groups excluding carboxylic acids is 1. The highest BCUT2D eigenvalue weighted by Gasteiger charge is 2.18. The molecule has 1 amide bonds. The molecule has 1 atom stereocenters. The summed E-state index contributed by atoms with van der Waals surface area (Å²) >= 11 is 0. The van der Waals surface area contributed by atoms with Gasteiger partial charge in [-0.05, 0) is 32.9 Å². The van der Waals surface area contributed by atoms with Gasteiger partial charge in [-0.25, -0.2) is 4.39 Å². The monoisotopic (exact) mass is 268 g/mol. The Morgan fingerprint density at radius 1 is 1.47 bits per heavy atom. The van der Waals surface area contributed by atoms with Gasteiger partial charge >= 0.3 is 0 Å². The standard InChI is InChI=1S/C14H21FN2O2/c1-4-16-13(19)9-17(5-2)12-8-6-7-11(15)14(12)10(3)18/h6-8,10,18H,4-5,9H2,1-3H3,(H,16,19)/t10-/m0/s1. The average molecular weight is 268 g/mol. The number of likely N-dealkylation sites (N-methyl/N-ethyl adjacent to an activating group) is 2. The lowest BCUT2D eigenvalue weighted by Crippen LogP contribution is -2.37. The van der Waals surface area contributed by atoms with Crippen LogP contribution in [0.15, 0.2) is 18.2 Å². The largest absolute Gasteiger partial charge is 0.389 e. The second kappa shape index (κ2) is 7.09. The van der Waals surface area contributed by atoms with Crippen LogP contribution in [0.4, 0.5) is 10.1 Å². The number of hydrogen-bond donors (Lipinski definition) is 2. The van der Waals surface area contributed by atoms with E-state index < -0.39 is 11.9 Å². The molecule has 0 fully saturated rings. The second-order valence-electron chi connectivity index (χ2n) is 4.32. The Morgan fingerprint density at radius 2 is 2.16 bits per heavy atom. The minimum absolute atomic E-state index is 0.120. The molecule has 0 aliphatic heterocycles. The minimum atomic E-state index is -0.917. The molecule has 0 saturated carbocycles. The van der Waals surface area contributed by atoms with Crippen LogP contribution in [0.5, 0.6) is 0 Å². The highest BCUT2D eigenvalue weighted by Crippen LogP contribution is 2.28. The Balaban J connectivity index is 3.04. The van der Waals surface area contributed by atoms with E-state index >= 15 is 0 Å². The predicted octanol–water partition coefficient (Wildman–Crippen LogP) is 1.84. The molecule has 2 N–H and O–H groups in total. The van der Waals surface area contributed by atoms with Crippen LogP contribution in [0.25, 0.3) is 0 Å². The lowest BCUT2D eigenvalue weighted by Gasteiger charge is -2.26. The highest BCUT2D eigenvalue weighted by atomic mass is 19.1. The van der Waals surface area contributed by atoms with Crippen molar-refractivity contribution >= 4 is 11.6 Å². The first kappa shape index (κ1) is 15.4. The van der Waals surface area contributed by atoms with Gasteiger partial charge in [0.05, 0.1) is 12.6 Å². The summed E-state index contributed by atoms with van der Waals surface area (Å²) in [6.45, 7) is 6.51. The number of benzene rings is 1. The third kappa shape index (κ3) is 3.92. The molecule has 0 radical (unpaired) electrons. The predicted molar refractivity (Wildman–Crippen MR) is 73.6 cm³/mol. The number of hydrogen-bond acceptors (Lipinski definition) is 3. The molecule has 0 bridgehead atoms. The van der Waals surface area contributed by atoms with Crippen LogP contribution in [-0.4, -0.2) is 30.6 Å². The summed E-state index contributed by atoms with van der Waals surface area (Å²) in [5, 5.41) is 12.4. The van der Waals surface area contributed by atoms with E-state index in [0.29, 0.717) is 18.8 Å². The van der Waals surface area contributed by atoms with Gasteiger partial charge in [-0.1, -0.05) is 6.07 Å². The van der Waals surface area contributed by atoms with Crippen LogP contribution in [0.3, 0.4) is 0 Å². The van der Waals surface area contributed by atoms with E-state index in [9.17, 15) is 14.3 Å². The van der Waals surface area contributed by atoms with Crippen molar-refractivity contribution in [1.29, 1.82) is 0 Å². The molecule has 4 nitrogen and oxygen atoms in total. The van der Waals surface area contributed by atoms with Crippen molar-refractivity contribution in [1.82, 2.24) is 5.32 Å². The van der Waals surface area contributed by atoms with Gasteiger partial charge in [-0.3, -0.25) is 4.79 Å². The first-order chi connectivity index (χ1) is 9.01. The molecule has 0 aromatic heterocycles. The van der Waals surface area contributed by atoms with Crippen LogP contribution in [0, 0.1) is 5.82 Å². The molecular weight excluding hydrogens is 247 g/mol. The Hall–Kier alpha value is -1.62. The van der Waals surface area contributed by atoms with Crippen molar-refractivity contribution in [2.45, 2.75) is 26.9 Å². The number of halogens is 1. The molecule has 5 heteroatoms. The van der Waals surface area contributed by atoms with E-state index in [2.05, 4.69) is 5.32 Å². The zero-order valence-electron chi connectivity index (χ0n) is 11.6. The number of amides is 1. The van der Waals surface area contributed by atoms with Gasteiger partial charge in [0.2, 0.25) is 5.91 Å². The molecule has 0 spiro atoms. The number of aliphatic hydroxyl groups excluding tert-OH is 1. The van der Waals surface area contributed by atoms with Crippen LogP contribution in [-0.2, 0) is 4.79 Å².